The van der Waals surface area contributed by atoms with Crippen molar-refractivity contribution in [2.45, 2.75) is 114 Å². The predicted molar refractivity (Wildman–Crippen MR) is 206 cm³/mol. The number of allylic oxidation sites excluding steroid dienone is 4. The predicted octanol–water partition coefficient (Wildman–Crippen LogP) is 3.00. The van der Waals surface area contributed by atoms with Gasteiger partial charge in [0.2, 0.25) is 11.8 Å². The van der Waals surface area contributed by atoms with Crippen LogP contribution in [0.3, 0.4) is 0 Å². The molecule has 2 aliphatic heterocycles. The minimum Gasteiger partial charge on any atom is -0.483 e. The quantitative estimate of drug-likeness (QED) is 0.137. The van der Waals surface area contributed by atoms with Gasteiger partial charge in [-0.3, -0.25) is 43.8 Å². The second-order valence-electron chi connectivity index (χ2n) is 17.1. The number of unbranched alkanes of at least 4 members (excludes halogenated alkanes) is 5. The van der Waals surface area contributed by atoms with Crippen LogP contribution in [-0.4, -0.2) is 99.5 Å². The van der Waals surface area contributed by atoms with Gasteiger partial charge in [0.1, 0.15) is 17.4 Å². The molecule has 58 heavy (non-hydrogen) atoms. The number of aliphatic hydroxyl groups is 2. The third-order valence-corrected chi connectivity index (χ3v) is 13.9. The molecule has 15 heteroatoms. The van der Waals surface area contributed by atoms with Crippen molar-refractivity contribution in [1.82, 2.24) is 20.9 Å². The van der Waals surface area contributed by atoms with Crippen LogP contribution in [0.1, 0.15) is 112 Å². The molecule has 2 heterocycles. The number of imide groups is 2. The molecule has 9 atom stereocenters. The van der Waals surface area contributed by atoms with Gasteiger partial charge in [-0.1, -0.05) is 50.3 Å². The Hall–Kier alpha value is -4.76. The lowest BCUT2D eigenvalue weighted by molar-refractivity contribution is -0.191. The van der Waals surface area contributed by atoms with E-state index in [1.807, 2.05) is 6.92 Å². The second-order valence-corrected chi connectivity index (χ2v) is 17.1. The number of rotatable bonds is 14. The first-order valence-electron chi connectivity index (χ1n) is 20.7. The zero-order valence-electron chi connectivity index (χ0n) is 33.0. The Bertz CT molecular complexity index is 1970. The van der Waals surface area contributed by atoms with E-state index in [2.05, 4.69) is 16.0 Å². The third-order valence-electron chi connectivity index (χ3n) is 13.9. The number of fused-ring (bicyclic) bond motifs is 6. The number of aliphatic hydroxyl groups excluding tert-OH is 1. The van der Waals surface area contributed by atoms with Crippen LogP contribution >= 0.6 is 0 Å². The van der Waals surface area contributed by atoms with Gasteiger partial charge in [-0.2, -0.15) is 0 Å². The SMILES string of the molecule is C[C@@H]1C[C@@H]2C(C[C@H](O)[C@@]3(F)[C@H]2CCC2=CC(=O)C=C[C@@]23C)[C@@]1(O)C(=O)NCCCCCCCCNC(=O)COc1cccc2c1C(=O)N(C1CCC(=O)NC1=O)C2=O. The standard InChI is InChI=1S/C43H53FN4O10/c1-24-20-28-29-13-12-25-21-26(49)16-17-41(25,2)43(29,44)33(50)22-30(28)42(24,57)40(56)46-19-8-6-4-3-5-7-18-45-35(52)23-58-32-11-9-10-27-36(32)39(55)48(38(27)54)31-14-15-34(51)47-37(31)53/h9-11,16-17,21,24,28-31,33,50,57H,3-8,12-15,18-20,22-23H2,1-2H3,(H,45,52)(H,46,56)(H,47,51,53)/t24-,28+,29+,30?,31?,33+,41+,42-,43+/m1/s1. The van der Waals surface area contributed by atoms with Gasteiger partial charge in [0.05, 0.1) is 17.2 Å². The van der Waals surface area contributed by atoms with Crippen LogP contribution in [0.2, 0.25) is 0 Å². The van der Waals surface area contributed by atoms with E-state index in [-0.39, 0.29) is 54.4 Å². The Morgan fingerprint density at radius 1 is 0.948 bits per heavy atom. The molecule has 0 radical (unpaired) electrons. The van der Waals surface area contributed by atoms with Gasteiger partial charge in [-0.25, -0.2) is 4.39 Å². The molecule has 0 bridgehead atoms. The summed E-state index contributed by atoms with van der Waals surface area (Å²) >= 11 is 0. The fourth-order valence-corrected chi connectivity index (χ4v) is 10.8. The lowest BCUT2D eigenvalue weighted by atomic mass is 9.48. The monoisotopic (exact) mass is 804 g/mol. The van der Waals surface area contributed by atoms with Crippen molar-refractivity contribution in [1.29, 1.82) is 0 Å². The first kappa shape index (κ1) is 41.4. The van der Waals surface area contributed by atoms with Crippen LogP contribution in [0.25, 0.3) is 0 Å². The van der Waals surface area contributed by atoms with E-state index in [9.17, 15) is 43.8 Å². The largest absolute Gasteiger partial charge is 0.483 e. The average Bonchev–Trinajstić information content (AvgIpc) is 3.60. The highest BCUT2D eigenvalue weighted by atomic mass is 19.1. The minimum absolute atomic E-state index is 0.00386. The Kier molecular flexibility index (Phi) is 11.5. The van der Waals surface area contributed by atoms with Crippen molar-refractivity contribution < 1.29 is 52.9 Å². The normalized spacial score (nSPS) is 33.8. The molecule has 3 saturated carbocycles. The third kappa shape index (κ3) is 6.97. The number of halogens is 1. The van der Waals surface area contributed by atoms with Crippen LogP contribution < -0.4 is 20.7 Å². The zero-order chi connectivity index (χ0) is 41.6. The van der Waals surface area contributed by atoms with Crippen molar-refractivity contribution in [2.75, 3.05) is 19.7 Å². The van der Waals surface area contributed by atoms with Crippen LogP contribution in [0.15, 0.2) is 42.0 Å². The van der Waals surface area contributed by atoms with Crippen LogP contribution in [-0.2, 0) is 24.0 Å². The topological polar surface area (TPSA) is 209 Å². The Morgan fingerprint density at radius 2 is 1.66 bits per heavy atom. The number of ether oxygens (including phenoxy) is 1. The summed E-state index contributed by atoms with van der Waals surface area (Å²) in [6, 6.07) is 3.34. The van der Waals surface area contributed by atoms with E-state index in [0.717, 1.165) is 37.0 Å². The Morgan fingerprint density at radius 3 is 2.38 bits per heavy atom. The zero-order valence-corrected chi connectivity index (χ0v) is 33.0. The number of alkyl halides is 1. The van der Waals surface area contributed by atoms with Crippen molar-refractivity contribution >= 4 is 41.2 Å². The highest BCUT2D eigenvalue weighted by Gasteiger charge is 2.71. The van der Waals surface area contributed by atoms with E-state index in [1.165, 1.54) is 30.4 Å². The molecule has 0 spiro atoms. The number of ketones is 1. The van der Waals surface area contributed by atoms with Gasteiger partial charge >= 0.3 is 0 Å². The molecule has 312 valence electrons. The van der Waals surface area contributed by atoms with E-state index in [1.54, 1.807) is 13.0 Å². The highest BCUT2D eigenvalue weighted by Crippen LogP contribution is 2.66. The number of nitrogens with one attached hydrogen (secondary N) is 3. The molecule has 7 rings (SSSR count). The Labute approximate surface area is 336 Å². The van der Waals surface area contributed by atoms with Gasteiger partial charge in [-0.15, -0.1) is 0 Å². The maximum atomic E-state index is 17.3. The number of amides is 6. The summed E-state index contributed by atoms with van der Waals surface area (Å²) in [5.74, 6) is -5.37. The highest BCUT2D eigenvalue weighted by molar-refractivity contribution is 6.24. The van der Waals surface area contributed by atoms with Gasteiger partial charge in [0.25, 0.3) is 23.6 Å². The Balaban J connectivity index is 0.791. The molecule has 2 unspecified atom stereocenters. The molecule has 1 saturated heterocycles. The lowest BCUT2D eigenvalue weighted by Gasteiger charge is -2.59. The van der Waals surface area contributed by atoms with Gasteiger partial charge in [-0.05, 0) is 88.0 Å². The van der Waals surface area contributed by atoms with E-state index < -0.39 is 82.0 Å². The number of hydrogen-bond donors (Lipinski definition) is 5. The van der Waals surface area contributed by atoms with E-state index >= 15 is 4.39 Å². The molecule has 14 nitrogen and oxygen atoms in total. The van der Waals surface area contributed by atoms with Gasteiger partial charge in [0, 0.05) is 36.8 Å². The molecule has 1 aromatic carbocycles. The maximum Gasteiger partial charge on any atom is 0.266 e. The molecule has 6 aliphatic rings. The number of carbonyl (C=O) groups excluding carboxylic acids is 7. The first-order valence-corrected chi connectivity index (χ1v) is 20.7. The fraction of sp³-hybridized carbons (Fsp3) is 0.605. The second kappa shape index (κ2) is 16.1. The summed E-state index contributed by atoms with van der Waals surface area (Å²) in [4.78, 5) is 89.2. The van der Waals surface area contributed by atoms with Crippen molar-refractivity contribution in [3.8, 4) is 5.75 Å². The smallest absolute Gasteiger partial charge is 0.266 e. The van der Waals surface area contributed by atoms with Gasteiger partial charge < -0.3 is 25.6 Å². The lowest BCUT2D eigenvalue weighted by Crippen LogP contribution is -2.66. The van der Waals surface area contributed by atoms with Crippen molar-refractivity contribution in [3.05, 3.63) is 53.1 Å². The number of nitrogens with zero attached hydrogens (tertiary/aromatic N) is 1. The van der Waals surface area contributed by atoms with Crippen molar-refractivity contribution in [2.24, 2.45) is 29.1 Å². The van der Waals surface area contributed by atoms with Crippen LogP contribution in [0.5, 0.6) is 5.75 Å². The van der Waals surface area contributed by atoms with Crippen molar-refractivity contribution in [3.63, 3.8) is 0 Å². The fourth-order valence-electron chi connectivity index (χ4n) is 10.8. The molecular weight excluding hydrogens is 751 g/mol. The minimum atomic E-state index is -2.00. The summed E-state index contributed by atoms with van der Waals surface area (Å²) in [6.07, 6.45) is 9.49. The molecule has 1 aromatic rings. The molecule has 6 amide bonds. The molecule has 5 N–H and O–H groups in total. The summed E-state index contributed by atoms with van der Waals surface area (Å²) in [5.41, 5.74) is -4.10. The average molecular weight is 805 g/mol. The first-order chi connectivity index (χ1) is 27.6. The number of hydrogen-bond acceptors (Lipinski definition) is 10. The molecule has 0 aromatic heterocycles. The summed E-state index contributed by atoms with van der Waals surface area (Å²) in [6.45, 7) is 3.99. The van der Waals surface area contributed by atoms with Gasteiger partial charge in [0.15, 0.2) is 18.1 Å². The number of benzene rings is 1. The summed E-state index contributed by atoms with van der Waals surface area (Å²) in [5, 5.41) is 31.2. The molecule has 4 aliphatic carbocycles. The number of piperidine rings is 1. The van der Waals surface area contributed by atoms with Crippen LogP contribution in [0.4, 0.5) is 4.39 Å². The van der Waals surface area contributed by atoms with E-state index in [4.69, 9.17) is 4.74 Å². The maximum absolute atomic E-state index is 17.3. The van der Waals surface area contributed by atoms with E-state index in [0.29, 0.717) is 44.3 Å². The summed E-state index contributed by atoms with van der Waals surface area (Å²) in [7, 11) is 0. The van der Waals surface area contributed by atoms with Crippen LogP contribution in [0, 0.1) is 29.1 Å². The summed E-state index contributed by atoms with van der Waals surface area (Å²) < 4.78 is 22.9. The molecular formula is C43H53FN4O10. The molecule has 4 fully saturated rings. The number of carbonyl (C=O) groups is 7.